The van der Waals surface area contributed by atoms with Gasteiger partial charge < -0.3 is 9.47 Å². The van der Waals surface area contributed by atoms with Crippen molar-refractivity contribution in [2.75, 3.05) is 6.61 Å². The molecule has 1 heterocycles. The fourth-order valence-electron chi connectivity index (χ4n) is 2.05. The van der Waals surface area contributed by atoms with Gasteiger partial charge in [-0.3, -0.25) is 0 Å². The first-order chi connectivity index (χ1) is 11.3. The second-order valence-corrected chi connectivity index (χ2v) is 4.72. The minimum absolute atomic E-state index is 0.00249. The molecule has 2 aromatic rings. The molecule has 0 N–H and O–H groups in total. The van der Waals surface area contributed by atoms with Crippen LogP contribution < -0.4 is 4.74 Å². The van der Waals surface area contributed by atoms with Crippen molar-refractivity contribution in [3.8, 4) is 11.8 Å². The predicted molar refractivity (Wildman–Crippen MR) is 84.6 cm³/mol. The Balaban J connectivity index is 1.81. The number of carbonyl (C=O) groups is 1. The minimum atomic E-state index is -0.478. The summed E-state index contributed by atoms with van der Waals surface area (Å²) in [6.07, 6.45) is 1.65. The molecule has 0 amide bonds. The summed E-state index contributed by atoms with van der Waals surface area (Å²) in [6, 6.07) is 18.2. The number of nitriles is 1. The van der Waals surface area contributed by atoms with Crippen molar-refractivity contribution >= 4 is 17.9 Å². The van der Waals surface area contributed by atoms with Crippen molar-refractivity contribution in [1.29, 1.82) is 5.26 Å². The largest absolute Gasteiger partial charge is 0.479 e. The summed E-state index contributed by atoms with van der Waals surface area (Å²) in [4.78, 5) is 16.1. The lowest BCUT2D eigenvalue weighted by molar-refractivity contribution is -0.129. The Morgan fingerprint density at radius 1 is 1.13 bits per heavy atom. The quantitative estimate of drug-likeness (QED) is 0.643. The topological polar surface area (TPSA) is 71.7 Å². The Bertz CT molecular complexity index is 816. The Morgan fingerprint density at radius 2 is 1.87 bits per heavy atom. The highest BCUT2D eigenvalue weighted by Gasteiger charge is 2.23. The molecular weight excluding hydrogens is 292 g/mol. The minimum Gasteiger partial charge on any atom is -0.479 e. The molecule has 0 saturated heterocycles. The summed E-state index contributed by atoms with van der Waals surface area (Å²) in [6.45, 7) is -0.00249. The molecule has 1 aliphatic heterocycles. The third-order valence-electron chi connectivity index (χ3n) is 3.13. The standard InChI is InChI=1S/C18H12N2O3/c19-10-11-22-15-8-6-13(7-9-15)12-16-18(21)23-17(20-16)14-4-2-1-3-5-14/h1-9,12H,11H2/b16-12-. The van der Waals surface area contributed by atoms with Crippen molar-refractivity contribution in [3.63, 3.8) is 0 Å². The van der Waals surface area contributed by atoms with E-state index in [0.717, 1.165) is 11.1 Å². The van der Waals surface area contributed by atoms with E-state index >= 15 is 0 Å². The zero-order valence-corrected chi connectivity index (χ0v) is 12.1. The van der Waals surface area contributed by atoms with Crippen molar-refractivity contribution in [3.05, 3.63) is 71.4 Å². The van der Waals surface area contributed by atoms with Crippen LogP contribution in [0.4, 0.5) is 0 Å². The van der Waals surface area contributed by atoms with Crippen molar-refractivity contribution in [2.45, 2.75) is 0 Å². The Labute approximate surface area is 133 Å². The number of nitrogens with zero attached hydrogens (tertiary/aromatic N) is 2. The highest BCUT2D eigenvalue weighted by atomic mass is 16.6. The first-order valence-electron chi connectivity index (χ1n) is 6.94. The maximum atomic E-state index is 11.9. The summed E-state index contributed by atoms with van der Waals surface area (Å²) < 4.78 is 10.4. The van der Waals surface area contributed by atoms with Crippen LogP contribution in [0.3, 0.4) is 0 Å². The molecule has 0 aromatic heterocycles. The van der Waals surface area contributed by atoms with Crippen LogP contribution in [-0.2, 0) is 9.53 Å². The van der Waals surface area contributed by atoms with Gasteiger partial charge in [0.1, 0.15) is 11.8 Å². The summed E-state index contributed by atoms with van der Waals surface area (Å²) in [5.74, 6) is 0.417. The first-order valence-corrected chi connectivity index (χ1v) is 6.94. The normalized spacial score (nSPS) is 15.0. The van der Waals surface area contributed by atoms with Crippen LogP contribution in [0.5, 0.6) is 5.75 Å². The number of esters is 1. The number of benzene rings is 2. The predicted octanol–water partition coefficient (Wildman–Crippen LogP) is 2.93. The van der Waals surface area contributed by atoms with Crippen LogP contribution in [0.25, 0.3) is 6.08 Å². The fourth-order valence-corrected chi connectivity index (χ4v) is 2.05. The van der Waals surface area contributed by atoms with Gasteiger partial charge in [0.15, 0.2) is 12.3 Å². The van der Waals surface area contributed by atoms with Crippen LogP contribution in [0.1, 0.15) is 11.1 Å². The third-order valence-corrected chi connectivity index (χ3v) is 3.13. The van der Waals surface area contributed by atoms with E-state index in [-0.39, 0.29) is 12.3 Å². The zero-order valence-electron chi connectivity index (χ0n) is 12.1. The number of hydrogen-bond donors (Lipinski definition) is 0. The van der Waals surface area contributed by atoms with Gasteiger partial charge >= 0.3 is 5.97 Å². The highest BCUT2D eigenvalue weighted by Crippen LogP contribution is 2.20. The summed E-state index contributed by atoms with van der Waals surface area (Å²) in [7, 11) is 0. The van der Waals surface area contributed by atoms with E-state index < -0.39 is 5.97 Å². The second-order valence-electron chi connectivity index (χ2n) is 4.72. The molecule has 0 spiro atoms. The summed E-state index contributed by atoms with van der Waals surface area (Å²) in [5, 5.41) is 8.47. The molecule has 0 bridgehead atoms. The molecule has 0 aliphatic carbocycles. The average Bonchev–Trinajstić information content (AvgIpc) is 2.96. The first kappa shape index (κ1) is 14.5. The van der Waals surface area contributed by atoms with Crippen LogP contribution in [0, 0.1) is 11.3 Å². The van der Waals surface area contributed by atoms with Crippen LogP contribution in [-0.4, -0.2) is 18.5 Å². The number of ether oxygens (including phenoxy) is 2. The van der Waals surface area contributed by atoms with E-state index in [9.17, 15) is 4.79 Å². The SMILES string of the molecule is N#CCOc1ccc(/C=C2\N=C(c3ccccc3)OC2=O)cc1. The summed E-state index contributed by atoms with van der Waals surface area (Å²) >= 11 is 0. The monoisotopic (exact) mass is 304 g/mol. The number of carbonyl (C=O) groups excluding carboxylic acids is 1. The van der Waals surface area contributed by atoms with Gasteiger partial charge in [0, 0.05) is 5.56 Å². The van der Waals surface area contributed by atoms with Crippen molar-refractivity contribution < 1.29 is 14.3 Å². The lowest BCUT2D eigenvalue weighted by Crippen LogP contribution is -2.04. The van der Waals surface area contributed by atoms with Crippen LogP contribution in [0.2, 0.25) is 0 Å². The third kappa shape index (κ3) is 3.44. The van der Waals surface area contributed by atoms with E-state index in [0.29, 0.717) is 11.6 Å². The molecule has 0 fully saturated rings. The maximum absolute atomic E-state index is 11.9. The van der Waals surface area contributed by atoms with E-state index in [1.54, 1.807) is 30.3 Å². The molecule has 2 aromatic carbocycles. The lowest BCUT2D eigenvalue weighted by atomic mass is 10.2. The van der Waals surface area contributed by atoms with Crippen LogP contribution in [0.15, 0.2) is 65.3 Å². The molecule has 0 atom stereocenters. The fraction of sp³-hybridized carbons (Fsp3) is 0.0556. The molecule has 0 radical (unpaired) electrons. The van der Waals surface area contributed by atoms with Gasteiger partial charge in [0.05, 0.1) is 0 Å². The molecule has 3 rings (SSSR count). The van der Waals surface area contributed by atoms with Gasteiger partial charge in [-0.25, -0.2) is 9.79 Å². The molecule has 0 saturated carbocycles. The zero-order chi connectivity index (χ0) is 16.1. The molecule has 112 valence electrons. The molecule has 23 heavy (non-hydrogen) atoms. The Kier molecular flexibility index (Phi) is 4.16. The van der Waals surface area contributed by atoms with Gasteiger partial charge in [-0.05, 0) is 35.9 Å². The van der Waals surface area contributed by atoms with E-state index in [1.165, 1.54) is 0 Å². The lowest BCUT2D eigenvalue weighted by Gasteiger charge is -2.01. The number of cyclic esters (lactones) is 1. The number of rotatable bonds is 4. The Hall–Kier alpha value is -3.39. The van der Waals surface area contributed by atoms with Gasteiger partial charge in [0.25, 0.3) is 0 Å². The average molecular weight is 304 g/mol. The summed E-state index contributed by atoms with van der Waals surface area (Å²) in [5.41, 5.74) is 1.79. The second kappa shape index (κ2) is 6.58. The van der Waals surface area contributed by atoms with Crippen molar-refractivity contribution in [1.82, 2.24) is 0 Å². The molecule has 5 heteroatoms. The maximum Gasteiger partial charge on any atom is 0.363 e. The van der Waals surface area contributed by atoms with Gasteiger partial charge in [-0.15, -0.1) is 0 Å². The highest BCUT2D eigenvalue weighted by molar-refractivity contribution is 6.12. The van der Waals surface area contributed by atoms with Gasteiger partial charge in [-0.2, -0.15) is 5.26 Å². The number of hydrogen-bond acceptors (Lipinski definition) is 5. The van der Waals surface area contributed by atoms with Gasteiger partial charge in [0.2, 0.25) is 5.90 Å². The number of aliphatic imine (C=N–C) groups is 1. The van der Waals surface area contributed by atoms with Crippen molar-refractivity contribution in [2.24, 2.45) is 4.99 Å². The molecule has 5 nitrogen and oxygen atoms in total. The molecule has 0 unspecified atom stereocenters. The smallest absolute Gasteiger partial charge is 0.363 e. The van der Waals surface area contributed by atoms with E-state index in [1.807, 2.05) is 36.4 Å². The van der Waals surface area contributed by atoms with Gasteiger partial charge in [-0.1, -0.05) is 30.3 Å². The van der Waals surface area contributed by atoms with E-state index in [4.69, 9.17) is 14.7 Å². The van der Waals surface area contributed by atoms with E-state index in [2.05, 4.69) is 4.99 Å². The Morgan fingerprint density at radius 3 is 2.57 bits per heavy atom. The molecular formula is C18H12N2O3. The molecule has 1 aliphatic rings. The van der Waals surface area contributed by atoms with Crippen LogP contribution >= 0.6 is 0 Å².